The number of benzene rings is 2. The van der Waals surface area contributed by atoms with Crippen LogP contribution in [0.2, 0.25) is 5.02 Å². The minimum atomic E-state index is 0.597. The fourth-order valence-corrected chi connectivity index (χ4v) is 2.50. The topological polar surface area (TPSA) is 26.0 Å². The molecular weight excluding hydrogens is 246 g/mol. The van der Waals surface area contributed by atoms with Crippen LogP contribution >= 0.6 is 11.6 Å². The van der Waals surface area contributed by atoms with Gasteiger partial charge >= 0.3 is 0 Å². The number of rotatable bonds is 0. The first-order chi connectivity index (χ1) is 8.83. The highest BCUT2D eigenvalue weighted by Gasteiger charge is 2.11. The van der Waals surface area contributed by atoms with Crippen molar-refractivity contribution in [2.75, 3.05) is 0 Å². The lowest BCUT2D eigenvalue weighted by atomic mass is 10.1. The maximum Gasteiger partial charge on any atom is 0.172 e. The fourth-order valence-electron chi connectivity index (χ4n) is 2.31. The predicted octanol–water partition coefficient (Wildman–Crippen LogP) is 4.79. The van der Waals surface area contributed by atoms with Crippen molar-refractivity contribution < 1.29 is 4.42 Å². The number of hydrogen-bond donors (Lipinski definition) is 0. The summed E-state index contributed by atoms with van der Waals surface area (Å²) in [4.78, 5) is 4.36. The van der Waals surface area contributed by atoms with Gasteiger partial charge in [0, 0.05) is 11.6 Å². The largest absolute Gasteiger partial charge is 0.453 e. The van der Waals surface area contributed by atoms with E-state index >= 15 is 0 Å². The Bertz CT molecular complexity index is 895. The van der Waals surface area contributed by atoms with Gasteiger partial charge in [0.05, 0.1) is 5.02 Å². The van der Waals surface area contributed by atoms with E-state index in [1.165, 1.54) is 5.39 Å². The third-order valence-corrected chi connectivity index (χ3v) is 3.47. The van der Waals surface area contributed by atoms with E-state index in [4.69, 9.17) is 16.0 Å². The lowest BCUT2D eigenvalue weighted by Gasteiger charge is -1.96. The van der Waals surface area contributed by atoms with Crippen molar-refractivity contribution in [2.45, 2.75) is 0 Å². The highest BCUT2D eigenvalue weighted by molar-refractivity contribution is 6.35. The average Bonchev–Trinajstić information content (AvgIpc) is 2.76. The maximum atomic E-state index is 6.13. The van der Waals surface area contributed by atoms with Crippen LogP contribution in [0.3, 0.4) is 0 Å². The molecule has 2 aromatic heterocycles. The van der Waals surface area contributed by atoms with E-state index < -0.39 is 0 Å². The Balaban J connectivity index is 2.27. The number of aromatic nitrogens is 1. The van der Waals surface area contributed by atoms with Crippen LogP contribution in [0, 0.1) is 0 Å². The highest BCUT2D eigenvalue weighted by atomic mass is 35.5. The van der Waals surface area contributed by atoms with Crippen molar-refractivity contribution in [1.29, 1.82) is 0 Å². The van der Waals surface area contributed by atoms with Crippen LogP contribution in [-0.4, -0.2) is 4.98 Å². The van der Waals surface area contributed by atoms with Gasteiger partial charge < -0.3 is 4.42 Å². The van der Waals surface area contributed by atoms with Crippen LogP contribution in [0.25, 0.3) is 32.8 Å². The van der Waals surface area contributed by atoms with Gasteiger partial charge in [0.15, 0.2) is 5.58 Å². The molecule has 18 heavy (non-hydrogen) atoms. The summed E-state index contributed by atoms with van der Waals surface area (Å²) in [6.45, 7) is 0. The predicted molar refractivity (Wildman–Crippen MR) is 74.0 cm³/mol. The molecule has 0 spiro atoms. The van der Waals surface area contributed by atoms with Crippen LogP contribution in [0.5, 0.6) is 0 Å². The van der Waals surface area contributed by atoms with Crippen molar-refractivity contribution >= 4 is 44.4 Å². The molecule has 0 aliphatic rings. The van der Waals surface area contributed by atoms with Crippen molar-refractivity contribution in [1.82, 2.24) is 4.98 Å². The van der Waals surface area contributed by atoms with Crippen molar-refractivity contribution in [3.05, 3.63) is 53.7 Å². The summed E-state index contributed by atoms with van der Waals surface area (Å²) in [5, 5.41) is 3.93. The molecule has 4 rings (SSSR count). The zero-order chi connectivity index (χ0) is 12.1. The molecular formula is C15H8ClNO. The summed E-state index contributed by atoms with van der Waals surface area (Å²) in [7, 11) is 0. The Hall–Kier alpha value is -2.06. The fraction of sp³-hybridized carbons (Fsp3) is 0. The van der Waals surface area contributed by atoms with Gasteiger partial charge in [-0.15, -0.1) is 0 Å². The summed E-state index contributed by atoms with van der Waals surface area (Å²) in [6.07, 6.45) is 1.70. The molecule has 3 heteroatoms. The molecule has 0 bridgehead atoms. The SMILES string of the molecule is Clc1ccnc2c1oc1cc3ccccc3cc12. The number of halogens is 1. The summed E-state index contributed by atoms with van der Waals surface area (Å²) in [5.41, 5.74) is 2.30. The Labute approximate surface area is 108 Å². The summed E-state index contributed by atoms with van der Waals surface area (Å²) < 4.78 is 5.80. The lowest BCUT2D eigenvalue weighted by Crippen LogP contribution is -1.75. The molecule has 0 atom stereocenters. The average molecular weight is 254 g/mol. The molecule has 0 radical (unpaired) electrons. The number of fused-ring (bicyclic) bond motifs is 4. The molecule has 0 fully saturated rings. The molecule has 0 aliphatic heterocycles. The van der Waals surface area contributed by atoms with E-state index in [0.717, 1.165) is 21.9 Å². The lowest BCUT2D eigenvalue weighted by molar-refractivity contribution is 0.669. The van der Waals surface area contributed by atoms with Crippen LogP contribution < -0.4 is 0 Å². The zero-order valence-corrected chi connectivity index (χ0v) is 10.1. The monoisotopic (exact) mass is 253 g/mol. The van der Waals surface area contributed by atoms with E-state index in [1.807, 2.05) is 18.2 Å². The van der Waals surface area contributed by atoms with Gasteiger partial charge in [-0.25, -0.2) is 0 Å². The quantitative estimate of drug-likeness (QED) is 0.450. The Morgan fingerprint density at radius 2 is 1.78 bits per heavy atom. The smallest absolute Gasteiger partial charge is 0.172 e. The second-order valence-electron chi connectivity index (χ2n) is 4.27. The van der Waals surface area contributed by atoms with E-state index in [2.05, 4.69) is 23.2 Å². The Morgan fingerprint density at radius 3 is 2.61 bits per heavy atom. The molecule has 2 aromatic carbocycles. The molecule has 0 N–H and O–H groups in total. The normalized spacial score (nSPS) is 11.6. The second kappa shape index (κ2) is 3.47. The molecule has 0 amide bonds. The van der Waals surface area contributed by atoms with Crippen molar-refractivity contribution in [3.63, 3.8) is 0 Å². The Kier molecular flexibility index (Phi) is 1.91. The zero-order valence-electron chi connectivity index (χ0n) is 9.35. The van der Waals surface area contributed by atoms with E-state index in [9.17, 15) is 0 Å². The molecule has 0 saturated heterocycles. The number of hydrogen-bond acceptors (Lipinski definition) is 2. The molecule has 2 nitrogen and oxygen atoms in total. The van der Waals surface area contributed by atoms with E-state index in [1.54, 1.807) is 12.3 Å². The van der Waals surface area contributed by atoms with Crippen molar-refractivity contribution in [3.8, 4) is 0 Å². The van der Waals surface area contributed by atoms with Crippen LogP contribution in [0.1, 0.15) is 0 Å². The third-order valence-electron chi connectivity index (χ3n) is 3.17. The highest BCUT2D eigenvalue weighted by Crippen LogP contribution is 2.33. The van der Waals surface area contributed by atoms with Gasteiger partial charge in [-0.3, -0.25) is 4.98 Å². The third kappa shape index (κ3) is 1.27. The van der Waals surface area contributed by atoms with Gasteiger partial charge in [-0.2, -0.15) is 0 Å². The number of nitrogens with zero attached hydrogens (tertiary/aromatic N) is 1. The standard InChI is InChI=1S/C15H8ClNO/c16-12-5-6-17-14-11-7-9-3-1-2-4-10(9)8-13(11)18-15(12)14/h1-8H. The molecule has 2 heterocycles. The van der Waals surface area contributed by atoms with Crippen LogP contribution in [0.4, 0.5) is 0 Å². The Morgan fingerprint density at radius 1 is 1.00 bits per heavy atom. The van der Waals surface area contributed by atoms with Gasteiger partial charge in [0.2, 0.25) is 0 Å². The summed E-state index contributed by atoms with van der Waals surface area (Å²) >= 11 is 6.13. The molecule has 0 aliphatic carbocycles. The molecule has 0 saturated carbocycles. The van der Waals surface area contributed by atoms with Gasteiger partial charge in [-0.1, -0.05) is 35.9 Å². The first-order valence-corrected chi connectivity index (χ1v) is 6.06. The van der Waals surface area contributed by atoms with Gasteiger partial charge in [0.1, 0.15) is 11.1 Å². The van der Waals surface area contributed by atoms with Gasteiger partial charge in [-0.05, 0) is 29.0 Å². The summed E-state index contributed by atoms with van der Waals surface area (Å²) in [5.74, 6) is 0. The first-order valence-electron chi connectivity index (χ1n) is 5.68. The molecule has 86 valence electrons. The molecule has 0 unspecified atom stereocenters. The first kappa shape index (κ1) is 9.92. The maximum absolute atomic E-state index is 6.13. The number of pyridine rings is 1. The molecule has 4 aromatic rings. The van der Waals surface area contributed by atoms with Crippen LogP contribution in [-0.2, 0) is 0 Å². The number of furan rings is 1. The van der Waals surface area contributed by atoms with Crippen LogP contribution in [0.15, 0.2) is 53.1 Å². The minimum absolute atomic E-state index is 0.597. The minimum Gasteiger partial charge on any atom is -0.453 e. The second-order valence-corrected chi connectivity index (χ2v) is 4.68. The van der Waals surface area contributed by atoms with Crippen molar-refractivity contribution in [2.24, 2.45) is 0 Å². The van der Waals surface area contributed by atoms with E-state index in [-0.39, 0.29) is 0 Å². The van der Waals surface area contributed by atoms with Gasteiger partial charge in [0.25, 0.3) is 0 Å². The summed E-state index contributed by atoms with van der Waals surface area (Å²) in [6, 6.07) is 14.1. The van der Waals surface area contributed by atoms with E-state index in [0.29, 0.717) is 10.6 Å².